The highest BCUT2D eigenvalue weighted by Crippen LogP contribution is 2.30. The van der Waals surface area contributed by atoms with Gasteiger partial charge in [-0.3, -0.25) is 9.59 Å². The lowest BCUT2D eigenvalue weighted by molar-refractivity contribution is -0.130. The van der Waals surface area contributed by atoms with E-state index in [-0.39, 0.29) is 18.4 Å². The molecule has 0 aliphatic carbocycles. The van der Waals surface area contributed by atoms with Crippen molar-refractivity contribution >= 4 is 18.0 Å². The van der Waals surface area contributed by atoms with Gasteiger partial charge in [0.2, 0.25) is 0 Å². The van der Waals surface area contributed by atoms with Gasteiger partial charge in [-0.05, 0) is 55.9 Å². The molecule has 2 aromatic carbocycles. The molecule has 8 nitrogen and oxygen atoms in total. The van der Waals surface area contributed by atoms with Gasteiger partial charge in [-0.15, -0.1) is 0 Å². The molecule has 35 heavy (non-hydrogen) atoms. The van der Waals surface area contributed by atoms with E-state index in [1.54, 1.807) is 13.2 Å². The van der Waals surface area contributed by atoms with Crippen molar-refractivity contribution in [2.24, 2.45) is 11.0 Å². The van der Waals surface area contributed by atoms with Crippen LogP contribution in [-0.2, 0) is 9.59 Å². The van der Waals surface area contributed by atoms with E-state index in [1.807, 2.05) is 65.0 Å². The molecule has 0 fully saturated rings. The molecule has 2 rings (SSSR count). The van der Waals surface area contributed by atoms with Gasteiger partial charge in [-0.25, -0.2) is 5.43 Å². The second-order valence-corrected chi connectivity index (χ2v) is 8.72. The summed E-state index contributed by atoms with van der Waals surface area (Å²) < 4.78 is 16.9. The topological polar surface area (TPSA) is 98.2 Å². The maximum atomic E-state index is 12.8. The molecule has 2 N–H and O–H groups in total. The summed E-state index contributed by atoms with van der Waals surface area (Å²) in [5.74, 6) is 1.22. The van der Waals surface area contributed by atoms with Crippen LogP contribution < -0.4 is 25.0 Å². The van der Waals surface area contributed by atoms with Crippen LogP contribution in [-0.4, -0.2) is 44.4 Å². The summed E-state index contributed by atoms with van der Waals surface area (Å²) in [5.41, 5.74) is 5.10. The third-order valence-corrected chi connectivity index (χ3v) is 5.17. The van der Waals surface area contributed by atoms with Crippen LogP contribution in [0.3, 0.4) is 0 Å². The van der Waals surface area contributed by atoms with Crippen molar-refractivity contribution in [1.82, 2.24) is 10.7 Å². The summed E-state index contributed by atoms with van der Waals surface area (Å²) >= 11 is 0. The Kier molecular flexibility index (Phi) is 11.1. The second-order valence-electron chi connectivity index (χ2n) is 8.72. The zero-order valence-electron chi connectivity index (χ0n) is 21.5. The van der Waals surface area contributed by atoms with Crippen molar-refractivity contribution in [1.29, 1.82) is 0 Å². The van der Waals surface area contributed by atoms with Crippen LogP contribution in [0.2, 0.25) is 0 Å². The minimum atomic E-state index is -0.748. The molecule has 0 bridgehead atoms. The first-order valence-corrected chi connectivity index (χ1v) is 11.9. The number of aryl methyl sites for hydroxylation is 2. The van der Waals surface area contributed by atoms with E-state index < -0.39 is 11.9 Å². The number of nitrogens with zero attached hydrogens (tertiary/aromatic N) is 1. The molecule has 2 aromatic rings. The van der Waals surface area contributed by atoms with E-state index in [0.717, 1.165) is 17.5 Å². The number of ether oxygens (including phenoxy) is 3. The largest absolute Gasteiger partial charge is 0.493 e. The number of hydrogen-bond donors (Lipinski definition) is 2. The van der Waals surface area contributed by atoms with Crippen LogP contribution in [0.5, 0.6) is 17.2 Å². The molecule has 0 aromatic heterocycles. The lowest BCUT2D eigenvalue weighted by atomic mass is 10.0. The Balaban J connectivity index is 2.04. The van der Waals surface area contributed by atoms with E-state index in [1.165, 1.54) is 6.21 Å². The number of rotatable bonds is 13. The molecule has 0 spiro atoms. The maximum absolute atomic E-state index is 12.8. The molecule has 0 aliphatic rings. The van der Waals surface area contributed by atoms with Gasteiger partial charge in [0.1, 0.15) is 11.8 Å². The number of para-hydroxylation sites is 2. The van der Waals surface area contributed by atoms with Crippen LogP contribution in [0.15, 0.2) is 41.5 Å². The number of hydrazone groups is 1. The number of amides is 2. The molecular weight excluding hydrogens is 446 g/mol. The average Bonchev–Trinajstić information content (AvgIpc) is 2.81. The van der Waals surface area contributed by atoms with Crippen molar-refractivity contribution in [2.45, 2.75) is 53.5 Å². The predicted octanol–water partition coefficient (Wildman–Crippen LogP) is 4.16. The summed E-state index contributed by atoms with van der Waals surface area (Å²) in [6.07, 6.45) is 2.80. The lowest BCUT2D eigenvalue weighted by Gasteiger charge is -2.19. The fraction of sp³-hybridized carbons (Fsp3) is 0.444. The molecule has 1 atom stereocenters. The van der Waals surface area contributed by atoms with Crippen molar-refractivity contribution in [3.05, 3.63) is 53.1 Å². The Labute approximate surface area is 208 Å². The zero-order valence-corrected chi connectivity index (χ0v) is 21.5. The van der Waals surface area contributed by atoms with Gasteiger partial charge in [-0.1, -0.05) is 45.0 Å². The van der Waals surface area contributed by atoms with Crippen molar-refractivity contribution in [3.8, 4) is 17.2 Å². The smallest absolute Gasteiger partial charge is 0.262 e. The standard InChI is InChI=1S/C27H37N3O5/c1-7-14-34-26-21(12-9-13-23(26)33-6)16-28-30-27(32)22(15-18(2)3)29-24(31)17-35-25-19(4)10-8-11-20(25)5/h8-13,16,18,22H,7,14-15,17H2,1-6H3,(H,29,31)(H,30,32)/b28-16-/t22-/m0/s1. The molecule has 190 valence electrons. The van der Waals surface area contributed by atoms with Crippen LogP contribution in [0.4, 0.5) is 0 Å². The van der Waals surface area contributed by atoms with Crippen LogP contribution >= 0.6 is 0 Å². The van der Waals surface area contributed by atoms with Gasteiger partial charge < -0.3 is 19.5 Å². The molecule has 8 heteroatoms. The van der Waals surface area contributed by atoms with Gasteiger partial charge >= 0.3 is 0 Å². The monoisotopic (exact) mass is 483 g/mol. The Bertz CT molecular complexity index is 1000. The van der Waals surface area contributed by atoms with Gasteiger partial charge in [0.05, 0.1) is 19.9 Å². The number of methoxy groups -OCH3 is 1. The summed E-state index contributed by atoms with van der Waals surface area (Å²) in [4.78, 5) is 25.4. The van der Waals surface area contributed by atoms with Gasteiger partial charge in [0.15, 0.2) is 18.1 Å². The summed E-state index contributed by atoms with van der Waals surface area (Å²) in [5, 5.41) is 6.86. The van der Waals surface area contributed by atoms with Gasteiger partial charge in [0, 0.05) is 5.56 Å². The first kappa shape index (κ1) is 27.7. The Morgan fingerprint density at radius 2 is 1.71 bits per heavy atom. The number of benzene rings is 2. The summed E-state index contributed by atoms with van der Waals surface area (Å²) in [6.45, 7) is 10.2. The molecular formula is C27H37N3O5. The molecule has 2 amide bonds. The fourth-order valence-electron chi connectivity index (χ4n) is 3.50. The quantitative estimate of drug-likeness (QED) is 0.329. The molecule has 0 radical (unpaired) electrons. The van der Waals surface area contributed by atoms with Crippen molar-refractivity contribution < 1.29 is 23.8 Å². The van der Waals surface area contributed by atoms with Gasteiger partial charge in [0.25, 0.3) is 11.8 Å². The highest BCUT2D eigenvalue weighted by molar-refractivity contribution is 5.90. The molecule has 0 saturated heterocycles. The van der Waals surface area contributed by atoms with Crippen molar-refractivity contribution in [2.75, 3.05) is 20.3 Å². The average molecular weight is 484 g/mol. The van der Waals surface area contributed by atoms with Crippen molar-refractivity contribution in [3.63, 3.8) is 0 Å². The highest BCUT2D eigenvalue weighted by Gasteiger charge is 2.22. The minimum absolute atomic E-state index is 0.182. The van der Waals surface area contributed by atoms with Crippen LogP contribution in [0.25, 0.3) is 0 Å². The van der Waals surface area contributed by atoms with E-state index in [2.05, 4.69) is 15.8 Å². The highest BCUT2D eigenvalue weighted by atomic mass is 16.5. The minimum Gasteiger partial charge on any atom is -0.493 e. The first-order chi connectivity index (χ1) is 16.8. The fourth-order valence-corrected chi connectivity index (χ4v) is 3.50. The number of carbonyl (C=O) groups is 2. The Morgan fingerprint density at radius 1 is 1.03 bits per heavy atom. The SMILES string of the molecule is CCCOc1c(/C=N\NC(=O)[C@H](CC(C)C)NC(=O)COc2c(C)cccc2C)cccc1OC. The predicted molar refractivity (Wildman–Crippen MR) is 137 cm³/mol. The Hall–Kier alpha value is -3.55. The van der Waals surface area contributed by atoms with Gasteiger partial charge in [-0.2, -0.15) is 5.10 Å². The van der Waals surface area contributed by atoms with E-state index >= 15 is 0 Å². The second kappa shape index (κ2) is 14.0. The molecule has 0 saturated carbocycles. The van der Waals surface area contributed by atoms with Crippen LogP contribution in [0, 0.1) is 19.8 Å². The number of nitrogens with one attached hydrogen (secondary N) is 2. The Morgan fingerprint density at radius 3 is 2.34 bits per heavy atom. The van der Waals surface area contributed by atoms with E-state index in [9.17, 15) is 9.59 Å². The number of carbonyl (C=O) groups excluding carboxylic acids is 2. The zero-order chi connectivity index (χ0) is 25.8. The third kappa shape index (κ3) is 8.63. The normalized spacial score (nSPS) is 11.9. The summed E-state index contributed by atoms with van der Waals surface area (Å²) in [7, 11) is 1.57. The molecule has 0 unspecified atom stereocenters. The molecule has 0 heterocycles. The molecule has 0 aliphatic heterocycles. The maximum Gasteiger partial charge on any atom is 0.262 e. The van der Waals surface area contributed by atoms with Crippen LogP contribution in [0.1, 0.15) is 50.3 Å². The third-order valence-electron chi connectivity index (χ3n) is 5.17. The van der Waals surface area contributed by atoms with E-state index in [0.29, 0.717) is 35.8 Å². The first-order valence-electron chi connectivity index (χ1n) is 11.9. The summed E-state index contributed by atoms with van der Waals surface area (Å²) in [6, 6.07) is 10.5. The lowest BCUT2D eigenvalue weighted by Crippen LogP contribution is -2.47. The number of hydrogen-bond acceptors (Lipinski definition) is 6. The van der Waals surface area contributed by atoms with E-state index in [4.69, 9.17) is 14.2 Å².